The Morgan fingerprint density at radius 3 is 2.44 bits per heavy atom. The molecule has 4 aromatic rings. The van der Waals surface area contributed by atoms with Crippen LogP contribution in [-0.2, 0) is 28.0 Å². The molecule has 1 saturated heterocycles. The number of carbonyl (C=O) groups is 3. The molecule has 0 bridgehead atoms. The lowest BCUT2D eigenvalue weighted by Gasteiger charge is -2.45. The molecule has 8 heteroatoms. The number of hydrogen-bond donors (Lipinski definition) is 2. The van der Waals surface area contributed by atoms with Crippen LogP contribution in [-0.4, -0.2) is 50.8 Å². The number of carboxylic acid groups (broad SMARTS) is 1. The zero-order valence-corrected chi connectivity index (χ0v) is 22.8. The predicted molar refractivity (Wildman–Crippen MR) is 155 cm³/mol. The number of piperidine rings is 1. The summed E-state index contributed by atoms with van der Waals surface area (Å²) in [6.45, 7) is 1.08. The fraction of sp³-hybridized carbons (Fsp3) is 0.303. The molecule has 0 radical (unpaired) electrons. The topological polar surface area (TPSA) is 112 Å². The van der Waals surface area contributed by atoms with Gasteiger partial charge in [0.25, 0.3) is 5.91 Å². The second-order valence-electron chi connectivity index (χ2n) is 10.9. The van der Waals surface area contributed by atoms with Gasteiger partial charge in [-0.3, -0.25) is 14.4 Å². The average molecular weight is 549 g/mol. The fourth-order valence-electron chi connectivity index (χ4n) is 6.16. The number of carbonyl (C=O) groups excluding carboxylic acids is 2. The quantitative estimate of drug-likeness (QED) is 0.318. The van der Waals surface area contributed by atoms with Gasteiger partial charge < -0.3 is 15.3 Å². The zero-order chi connectivity index (χ0) is 28.4. The van der Waals surface area contributed by atoms with Crippen molar-refractivity contribution < 1.29 is 19.5 Å². The molecule has 0 aliphatic carbocycles. The standard InChI is InChI=1S/C33H32N4O4/c38-29-21-23-10-4-5-11-25(23)33(36-29)16-18-37(19-17-33)32(41)24-14-15-26-28(20-24)34-27(12-6-7-13-30(39)40)31(35-26)22-8-2-1-3-9-22/h1-5,8-11,14-15,20H,6-7,12-13,16-19,21H2,(H,36,38)(H,39,40). The van der Waals surface area contributed by atoms with E-state index in [0.717, 1.165) is 28.1 Å². The summed E-state index contributed by atoms with van der Waals surface area (Å²) in [4.78, 5) is 48.8. The Balaban J connectivity index is 1.24. The lowest BCUT2D eigenvalue weighted by molar-refractivity contribution is -0.137. The number of aromatic nitrogens is 2. The molecule has 0 atom stereocenters. The first-order valence-electron chi connectivity index (χ1n) is 14.2. The summed E-state index contributed by atoms with van der Waals surface area (Å²) in [6, 6.07) is 23.4. The van der Waals surface area contributed by atoms with E-state index in [1.165, 1.54) is 0 Å². The number of hydrogen-bond acceptors (Lipinski definition) is 5. The lowest BCUT2D eigenvalue weighted by Crippen LogP contribution is -2.56. The van der Waals surface area contributed by atoms with E-state index in [1.807, 2.05) is 71.6 Å². The Hall–Kier alpha value is -4.59. The third-order valence-electron chi connectivity index (χ3n) is 8.25. The number of nitrogens with zero attached hydrogens (tertiary/aromatic N) is 3. The number of likely N-dealkylation sites (tertiary alicyclic amines) is 1. The highest BCUT2D eigenvalue weighted by molar-refractivity contribution is 5.97. The van der Waals surface area contributed by atoms with Crippen molar-refractivity contribution in [3.05, 3.63) is 95.2 Å². The van der Waals surface area contributed by atoms with Crippen molar-refractivity contribution in [1.29, 1.82) is 0 Å². The summed E-state index contributed by atoms with van der Waals surface area (Å²) in [6.07, 6.45) is 3.67. The van der Waals surface area contributed by atoms with Crippen LogP contribution in [0.3, 0.4) is 0 Å². The third kappa shape index (κ3) is 5.42. The van der Waals surface area contributed by atoms with Crippen LogP contribution in [0.5, 0.6) is 0 Å². The summed E-state index contributed by atoms with van der Waals surface area (Å²) in [7, 11) is 0. The second kappa shape index (κ2) is 11.1. The summed E-state index contributed by atoms with van der Waals surface area (Å²) >= 11 is 0. The van der Waals surface area contributed by atoms with Crippen LogP contribution in [0.15, 0.2) is 72.8 Å². The first kappa shape index (κ1) is 26.6. The number of rotatable bonds is 7. The van der Waals surface area contributed by atoms with E-state index in [-0.39, 0.29) is 18.2 Å². The molecule has 1 fully saturated rings. The van der Waals surface area contributed by atoms with E-state index < -0.39 is 11.5 Å². The fourth-order valence-corrected chi connectivity index (χ4v) is 6.16. The number of benzene rings is 3. The highest BCUT2D eigenvalue weighted by Gasteiger charge is 2.42. The minimum atomic E-state index is -0.806. The Bertz CT molecular complexity index is 1630. The van der Waals surface area contributed by atoms with Gasteiger partial charge in [0.2, 0.25) is 5.91 Å². The van der Waals surface area contributed by atoms with Gasteiger partial charge in [0.1, 0.15) is 0 Å². The first-order valence-corrected chi connectivity index (χ1v) is 14.2. The Morgan fingerprint density at radius 1 is 0.902 bits per heavy atom. The Labute approximate surface area is 238 Å². The molecule has 208 valence electrons. The molecule has 3 heterocycles. The van der Waals surface area contributed by atoms with E-state index in [4.69, 9.17) is 15.1 Å². The maximum atomic E-state index is 13.6. The van der Waals surface area contributed by atoms with Gasteiger partial charge in [-0.05, 0) is 61.4 Å². The van der Waals surface area contributed by atoms with Crippen LogP contribution in [0.4, 0.5) is 0 Å². The van der Waals surface area contributed by atoms with Gasteiger partial charge in [0.15, 0.2) is 0 Å². The van der Waals surface area contributed by atoms with E-state index in [2.05, 4.69) is 11.4 Å². The molecule has 6 rings (SSSR count). The van der Waals surface area contributed by atoms with Gasteiger partial charge in [0, 0.05) is 30.6 Å². The molecule has 1 aromatic heterocycles. The molecular weight excluding hydrogens is 516 g/mol. The molecule has 0 unspecified atom stereocenters. The molecule has 2 amide bonds. The Kier molecular flexibility index (Phi) is 7.22. The number of amides is 2. The van der Waals surface area contributed by atoms with Crippen LogP contribution in [0.1, 0.15) is 59.3 Å². The number of nitrogens with one attached hydrogen (secondary N) is 1. The zero-order valence-electron chi connectivity index (χ0n) is 22.8. The van der Waals surface area contributed by atoms with Gasteiger partial charge in [0.05, 0.1) is 34.4 Å². The number of aliphatic carboxylic acids is 1. The molecular formula is C33H32N4O4. The smallest absolute Gasteiger partial charge is 0.303 e. The minimum Gasteiger partial charge on any atom is -0.481 e. The first-order chi connectivity index (χ1) is 19.9. The van der Waals surface area contributed by atoms with Gasteiger partial charge in [-0.25, -0.2) is 9.97 Å². The Morgan fingerprint density at radius 2 is 1.66 bits per heavy atom. The van der Waals surface area contributed by atoms with Crippen LogP contribution in [0, 0.1) is 0 Å². The molecule has 41 heavy (non-hydrogen) atoms. The summed E-state index contributed by atoms with van der Waals surface area (Å²) < 4.78 is 0. The highest BCUT2D eigenvalue weighted by atomic mass is 16.4. The lowest BCUT2D eigenvalue weighted by atomic mass is 9.75. The van der Waals surface area contributed by atoms with E-state index in [1.54, 1.807) is 0 Å². The number of carboxylic acids is 1. The van der Waals surface area contributed by atoms with E-state index >= 15 is 0 Å². The normalized spacial score (nSPS) is 15.9. The van der Waals surface area contributed by atoms with Crippen LogP contribution in [0.25, 0.3) is 22.3 Å². The van der Waals surface area contributed by atoms with Crippen molar-refractivity contribution >= 4 is 28.8 Å². The van der Waals surface area contributed by atoms with Crippen LogP contribution < -0.4 is 5.32 Å². The summed E-state index contributed by atoms with van der Waals surface area (Å²) in [5, 5.41) is 12.3. The molecule has 8 nitrogen and oxygen atoms in total. The van der Waals surface area contributed by atoms with Gasteiger partial charge >= 0.3 is 5.97 Å². The number of aryl methyl sites for hydroxylation is 1. The van der Waals surface area contributed by atoms with Crippen LogP contribution >= 0.6 is 0 Å². The number of unbranched alkanes of at least 4 members (excludes halogenated alkanes) is 1. The van der Waals surface area contributed by atoms with Crippen LogP contribution in [0.2, 0.25) is 0 Å². The maximum Gasteiger partial charge on any atom is 0.303 e. The van der Waals surface area contributed by atoms with Crippen molar-refractivity contribution in [2.24, 2.45) is 0 Å². The monoisotopic (exact) mass is 548 g/mol. The van der Waals surface area contributed by atoms with E-state index in [9.17, 15) is 14.4 Å². The second-order valence-corrected chi connectivity index (χ2v) is 10.9. The molecule has 0 saturated carbocycles. The molecule has 2 aliphatic rings. The van der Waals surface area contributed by atoms with E-state index in [0.29, 0.717) is 68.2 Å². The third-order valence-corrected chi connectivity index (χ3v) is 8.25. The van der Waals surface area contributed by atoms with Crippen molar-refractivity contribution in [2.45, 2.75) is 50.5 Å². The largest absolute Gasteiger partial charge is 0.481 e. The van der Waals surface area contributed by atoms with Gasteiger partial charge in [-0.15, -0.1) is 0 Å². The van der Waals surface area contributed by atoms with Crippen molar-refractivity contribution in [3.8, 4) is 11.3 Å². The predicted octanol–water partition coefficient (Wildman–Crippen LogP) is 4.90. The maximum absolute atomic E-state index is 13.6. The molecule has 2 N–H and O–H groups in total. The molecule has 2 aliphatic heterocycles. The van der Waals surface area contributed by atoms with Crippen molar-refractivity contribution in [3.63, 3.8) is 0 Å². The van der Waals surface area contributed by atoms with Gasteiger partial charge in [-0.1, -0.05) is 54.6 Å². The summed E-state index contributed by atoms with van der Waals surface area (Å²) in [5.74, 6) is -0.834. The number of fused-ring (bicyclic) bond motifs is 3. The minimum absolute atomic E-state index is 0.0326. The highest BCUT2D eigenvalue weighted by Crippen LogP contribution is 2.38. The summed E-state index contributed by atoms with van der Waals surface area (Å²) in [5.41, 5.74) is 6.24. The molecule has 3 aromatic carbocycles. The van der Waals surface area contributed by atoms with Gasteiger partial charge in [-0.2, -0.15) is 0 Å². The SMILES string of the molecule is O=C(O)CCCCc1nc2cc(C(=O)N3CCC4(CC3)NC(=O)Cc3ccccc34)ccc2nc1-c1ccccc1. The average Bonchev–Trinajstić information content (AvgIpc) is 2.99. The van der Waals surface area contributed by atoms with Crippen molar-refractivity contribution in [1.82, 2.24) is 20.2 Å². The molecule has 1 spiro atoms. The van der Waals surface area contributed by atoms with Crippen molar-refractivity contribution in [2.75, 3.05) is 13.1 Å².